The number of anilines is 1. The SMILES string of the molecule is CC(C)c1csc(N(CCC(=O)O)Cc2cccc(F)c2)n1. The van der Waals surface area contributed by atoms with Gasteiger partial charge in [0.25, 0.3) is 0 Å². The van der Waals surface area contributed by atoms with E-state index in [1.807, 2.05) is 16.3 Å². The quantitative estimate of drug-likeness (QED) is 0.840. The highest BCUT2D eigenvalue weighted by molar-refractivity contribution is 7.13. The van der Waals surface area contributed by atoms with Crippen LogP contribution >= 0.6 is 11.3 Å². The van der Waals surface area contributed by atoms with Crippen molar-refractivity contribution in [2.75, 3.05) is 11.4 Å². The number of hydrogen-bond acceptors (Lipinski definition) is 4. The summed E-state index contributed by atoms with van der Waals surface area (Å²) in [4.78, 5) is 17.3. The minimum Gasteiger partial charge on any atom is -0.481 e. The molecule has 0 aliphatic carbocycles. The molecule has 0 fully saturated rings. The van der Waals surface area contributed by atoms with Crippen molar-refractivity contribution in [3.05, 3.63) is 46.7 Å². The smallest absolute Gasteiger partial charge is 0.305 e. The van der Waals surface area contributed by atoms with E-state index in [1.54, 1.807) is 6.07 Å². The fourth-order valence-corrected chi connectivity index (χ4v) is 3.03. The minimum atomic E-state index is -0.857. The maximum absolute atomic E-state index is 13.3. The first-order valence-corrected chi connectivity index (χ1v) is 8.00. The molecule has 0 aliphatic rings. The molecule has 0 radical (unpaired) electrons. The van der Waals surface area contributed by atoms with Gasteiger partial charge in [0.1, 0.15) is 5.82 Å². The number of thiazole rings is 1. The molecule has 22 heavy (non-hydrogen) atoms. The molecule has 0 saturated heterocycles. The van der Waals surface area contributed by atoms with E-state index in [0.29, 0.717) is 19.0 Å². The molecular weight excluding hydrogens is 303 g/mol. The Morgan fingerprint density at radius 2 is 2.23 bits per heavy atom. The van der Waals surface area contributed by atoms with Crippen LogP contribution in [0.2, 0.25) is 0 Å². The van der Waals surface area contributed by atoms with Crippen LogP contribution in [0, 0.1) is 5.82 Å². The highest BCUT2D eigenvalue weighted by Gasteiger charge is 2.15. The number of benzene rings is 1. The predicted octanol–water partition coefficient (Wildman–Crippen LogP) is 3.89. The van der Waals surface area contributed by atoms with Gasteiger partial charge < -0.3 is 10.0 Å². The van der Waals surface area contributed by atoms with Crippen molar-refractivity contribution < 1.29 is 14.3 Å². The Balaban J connectivity index is 2.19. The van der Waals surface area contributed by atoms with Crippen LogP contribution in [0.1, 0.15) is 37.4 Å². The summed E-state index contributed by atoms with van der Waals surface area (Å²) in [6.07, 6.45) is 0.0197. The molecule has 1 N–H and O–H groups in total. The van der Waals surface area contributed by atoms with Gasteiger partial charge in [-0.15, -0.1) is 11.3 Å². The maximum Gasteiger partial charge on any atom is 0.305 e. The molecule has 1 aromatic heterocycles. The molecule has 6 heteroatoms. The summed E-state index contributed by atoms with van der Waals surface area (Å²) in [5.74, 6) is -0.830. The monoisotopic (exact) mass is 322 g/mol. The number of hydrogen-bond donors (Lipinski definition) is 1. The average molecular weight is 322 g/mol. The number of aromatic nitrogens is 1. The summed E-state index contributed by atoms with van der Waals surface area (Å²) in [7, 11) is 0. The first kappa shape index (κ1) is 16.4. The maximum atomic E-state index is 13.3. The highest BCUT2D eigenvalue weighted by atomic mass is 32.1. The molecule has 0 spiro atoms. The first-order chi connectivity index (χ1) is 10.5. The van der Waals surface area contributed by atoms with Crippen LogP contribution in [0.25, 0.3) is 0 Å². The van der Waals surface area contributed by atoms with E-state index in [0.717, 1.165) is 16.4 Å². The lowest BCUT2D eigenvalue weighted by molar-refractivity contribution is -0.136. The van der Waals surface area contributed by atoms with E-state index in [9.17, 15) is 9.18 Å². The zero-order chi connectivity index (χ0) is 16.1. The van der Waals surface area contributed by atoms with Gasteiger partial charge in [0.05, 0.1) is 12.1 Å². The van der Waals surface area contributed by atoms with Crippen molar-refractivity contribution >= 4 is 22.4 Å². The summed E-state index contributed by atoms with van der Waals surface area (Å²) in [6.45, 7) is 4.91. The Labute approximate surface area is 133 Å². The number of nitrogens with zero attached hydrogens (tertiary/aromatic N) is 2. The molecule has 4 nitrogen and oxygen atoms in total. The van der Waals surface area contributed by atoms with Gasteiger partial charge in [0, 0.05) is 18.5 Å². The number of carboxylic acid groups (broad SMARTS) is 1. The van der Waals surface area contributed by atoms with Gasteiger partial charge in [-0.2, -0.15) is 0 Å². The number of carboxylic acids is 1. The van der Waals surface area contributed by atoms with Crippen molar-refractivity contribution in [1.29, 1.82) is 0 Å². The molecule has 0 saturated carbocycles. The second-order valence-corrected chi connectivity index (χ2v) is 6.24. The first-order valence-electron chi connectivity index (χ1n) is 7.12. The third-order valence-electron chi connectivity index (χ3n) is 3.23. The van der Waals surface area contributed by atoms with E-state index < -0.39 is 5.97 Å². The average Bonchev–Trinajstić information content (AvgIpc) is 2.93. The summed E-state index contributed by atoms with van der Waals surface area (Å²) < 4.78 is 13.3. The second-order valence-electron chi connectivity index (χ2n) is 5.40. The van der Waals surface area contributed by atoms with Crippen molar-refractivity contribution in [3.8, 4) is 0 Å². The van der Waals surface area contributed by atoms with Gasteiger partial charge in [-0.1, -0.05) is 26.0 Å². The van der Waals surface area contributed by atoms with Crippen molar-refractivity contribution in [1.82, 2.24) is 4.98 Å². The van der Waals surface area contributed by atoms with E-state index in [4.69, 9.17) is 5.11 Å². The zero-order valence-corrected chi connectivity index (χ0v) is 13.4. The molecule has 2 aromatic rings. The van der Waals surface area contributed by atoms with Gasteiger partial charge in [-0.3, -0.25) is 4.79 Å². The lowest BCUT2D eigenvalue weighted by Crippen LogP contribution is -2.25. The molecule has 0 bridgehead atoms. The molecule has 1 aromatic carbocycles. The van der Waals surface area contributed by atoms with Crippen LogP contribution in [0.15, 0.2) is 29.6 Å². The molecule has 0 unspecified atom stereocenters. The fraction of sp³-hybridized carbons (Fsp3) is 0.375. The van der Waals surface area contributed by atoms with Gasteiger partial charge in [-0.25, -0.2) is 9.37 Å². The largest absolute Gasteiger partial charge is 0.481 e. The molecule has 0 atom stereocenters. The molecule has 0 aliphatic heterocycles. The fourth-order valence-electron chi connectivity index (χ4n) is 2.02. The van der Waals surface area contributed by atoms with Crippen LogP contribution in [0.3, 0.4) is 0 Å². The van der Waals surface area contributed by atoms with Crippen LogP contribution in [-0.4, -0.2) is 22.6 Å². The van der Waals surface area contributed by atoms with Crippen LogP contribution in [0.5, 0.6) is 0 Å². The number of halogens is 1. The lowest BCUT2D eigenvalue weighted by atomic mass is 10.2. The van der Waals surface area contributed by atoms with E-state index >= 15 is 0 Å². The number of rotatable bonds is 7. The summed E-state index contributed by atoms with van der Waals surface area (Å²) in [5.41, 5.74) is 1.78. The number of aliphatic carboxylic acids is 1. The Bertz CT molecular complexity index is 643. The molecule has 118 valence electrons. The summed E-state index contributed by atoms with van der Waals surface area (Å²) in [6, 6.07) is 6.34. The molecule has 2 rings (SSSR count). The van der Waals surface area contributed by atoms with E-state index in [2.05, 4.69) is 18.8 Å². The van der Waals surface area contributed by atoms with Gasteiger partial charge in [0.2, 0.25) is 0 Å². The third-order valence-corrected chi connectivity index (χ3v) is 4.15. The van der Waals surface area contributed by atoms with Crippen molar-refractivity contribution in [2.45, 2.75) is 32.7 Å². The summed E-state index contributed by atoms with van der Waals surface area (Å²) in [5, 5.41) is 11.7. The van der Waals surface area contributed by atoms with Crippen molar-refractivity contribution in [3.63, 3.8) is 0 Å². The Morgan fingerprint density at radius 3 is 2.82 bits per heavy atom. The predicted molar refractivity (Wildman–Crippen MR) is 85.9 cm³/mol. The third kappa shape index (κ3) is 4.53. The summed E-state index contributed by atoms with van der Waals surface area (Å²) >= 11 is 1.49. The van der Waals surface area contributed by atoms with Crippen LogP contribution in [-0.2, 0) is 11.3 Å². The van der Waals surface area contributed by atoms with Crippen molar-refractivity contribution in [2.24, 2.45) is 0 Å². The zero-order valence-electron chi connectivity index (χ0n) is 12.6. The lowest BCUT2D eigenvalue weighted by Gasteiger charge is -2.21. The van der Waals surface area contributed by atoms with E-state index in [-0.39, 0.29) is 12.2 Å². The Kier molecular flexibility index (Phi) is 5.49. The Hall–Kier alpha value is -1.95. The van der Waals surface area contributed by atoms with Crippen LogP contribution in [0.4, 0.5) is 9.52 Å². The molecular formula is C16H19FN2O2S. The minimum absolute atomic E-state index is 0.0197. The van der Waals surface area contributed by atoms with Gasteiger partial charge in [0.15, 0.2) is 5.13 Å². The normalized spacial score (nSPS) is 10.9. The van der Waals surface area contributed by atoms with Gasteiger partial charge >= 0.3 is 5.97 Å². The number of carbonyl (C=O) groups is 1. The second kappa shape index (κ2) is 7.35. The highest BCUT2D eigenvalue weighted by Crippen LogP contribution is 2.26. The standard InChI is InChI=1S/C16H19FN2O2S/c1-11(2)14-10-22-16(18-14)19(7-6-15(20)21)9-12-4-3-5-13(17)8-12/h3-5,8,10-11H,6-7,9H2,1-2H3,(H,20,21). The topological polar surface area (TPSA) is 53.4 Å². The van der Waals surface area contributed by atoms with Gasteiger partial charge in [-0.05, 0) is 23.6 Å². The van der Waals surface area contributed by atoms with Crippen LogP contribution < -0.4 is 4.90 Å². The Morgan fingerprint density at radius 1 is 1.45 bits per heavy atom. The van der Waals surface area contributed by atoms with E-state index in [1.165, 1.54) is 23.5 Å². The molecule has 0 amide bonds. The molecule has 1 heterocycles.